The third-order valence-corrected chi connectivity index (χ3v) is 2.40. The number of aromatic nitrogens is 5. The van der Waals surface area contributed by atoms with Crippen LogP contribution in [0.25, 0.3) is 0 Å². The number of rotatable bonds is 5. The molecule has 6 nitrogen and oxygen atoms in total. The fourth-order valence-electron chi connectivity index (χ4n) is 1.61. The summed E-state index contributed by atoms with van der Waals surface area (Å²) in [5.41, 5.74) is 1.22. The van der Waals surface area contributed by atoms with Crippen LogP contribution in [0.2, 0.25) is 0 Å². The van der Waals surface area contributed by atoms with Crippen molar-refractivity contribution in [2.75, 3.05) is 7.05 Å². The average Bonchev–Trinajstić information content (AvgIpc) is 2.85. The topological polar surface area (TPSA) is 60.6 Å². The van der Waals surface area contributed by atoms with Gasteiger partial charge in [0.2, 0.25) is 0 Å². The van der Waals surface area contributed by atoms with E-state index < -0.39 is 0 Å². The fraction of sp³-hybridized carbons (Fsp3) is 0.500. The molecule has 0 fully saturated rings. The van der Waals surface area contributed by atoms with Gasteiger partial charge in [0.25, 0.3) is 0 Å². The molecule has 16 heavy (non-hydrogen) atoms. The van der Waals surface area contributed by atoms with Crippen LogP contribution in [0.5, 0.6) is 0 Å². The molecule has 0 amide bonds. The van der Waals surface area contributed by atoms with Gasteiger partial charge in [-0.3, -0.25) is 4.68 Å². The van der Waals surface area contributed by atoms with Gasteiger partial charge in [0.05, 0.1) is 12.7 Å². The first-order chi connectivity index (χ1) is 7.79. The Labute approximate surface area is 94.3 Å². The Balaban J connectivity index is 1.96. The first-order valence-electron chi connectivity index (χ1n) is 5.28. The molecule has 0 atom stereocenters. The molecule has 0 aliphatic carbocycles. The summed E-state index contributed by atoms with van der Waals surface area (Å²) in [4.78, 5) is 4.19. The van der Waals surface area contributed by atoms with Crippen molar-refractivity contribution in [3.63, 3.8) is 0 Å². The summed E-state index contributed by atoms with van der Waals surface area (Å²) in [5.74, 6) is 0.964. The highest BCUT2D eigenvalue weighted by Crippen LogP contribution is 2.01. The van der Waals surface area contributed by atoms with E-state index in [1.54, 1.807) is 6.33 Å². The summed E-state index contributed by atoms with van der Waals surface area (Å²) in [6.07, 6.45) is 6.42. The van der Waals surface area contributed by atoms with Gasteiger partial charge < -0.3 is 5.32 Å². The molecule has 0 radical (unpaired) electrons. The molecule has 0 saturated carbocycles. The van der Waals surface area contributed by atoms with E-state index >= 15 is 0 Å². The zero-order valence-corrected chi connectivity index (χ0v) is 9.59. The lowest BCUT2D eigenvalue weighted by atomic mass is 10.2. The molecule has 2 rings (SSSR count). The molecule has 0 saturated heterocycles. The lowest BCUT2D eigenvalue weighted by Gasteiger charge is -2.04. The highest BCUT2D eigenvalue weighted by atomic mass is 15.3. The van der Waals surface area contributed by atoms with E-state index in [1.165, 1.54) is 5.56 Å². The Morgan fingerprint density at radius 2 is 2.25 bits per heavy atom. The second-order valence-electron chi connectivity index (χ2n) is 3.70. The molecular weight excluding hydrogens is 204 g/mol. The highest BCUT2D eigenvalue weighted by molar-refractivity contribution is 5.03. The van der Waals surface area contributed by atoms with Crippen LogP contribution in [-0.4, -0.2) is 31.6 Å². The maximum absolute atomic E-state index is 4.20. The van der Waals surface area contributed by atoms with Gasteiger partial charge in [-0.1, -0.05) is 0 Å². The number of nitrogens with one attached hydrogen (secondary N) is 1. The van der Waals surface area contributed by atoms with Gasteiger partial charge in [0.1, 0.15) is 12.2 Å². The van der Waals surface area contributed by atoms with Crippen molar-refractivity contribution in [1.29, 1.82) is 0 Å². The van der Waals surface area contributed by atoms with Crippen LogP contribution in [0, 0.1) is 0 Å². The largest absolute Gasteiger partial charge is 0.313 e. The summed E-state index contributed by atoms with van der Waals surface area (Å²) >= 11 is 0. The van der Waals surface area contributed by atoms with Crippen LogP contribution >= 0.6 is 0 Å². The van der Waals surface area contributed by atoms with Crippen LogP contribution in [0.4, 0.5) is 0 Å². The van der Waals surface area contributed by atoms with E-state index in [9.17, 15) is 0 Å². The van der Waals surface area contributed by atoms with Crippen molar-refractivity contribution in [3.05, 3.63) is 30.1 Å². The Morgan fingerprint density at radius 3 is 2.94 bits per heavy atom. The maximum Gasteiger partial charge on any atom is 0.140 e. The number of aryl methyl sites for hydroxylation is 3. The van der Waals surface area contributed by atoms with Gasteiger partial charge in [-0.2, -0.15) is 10.2 Å². The summed E-state index contributed by atoms with van der Waals surface area (Å²) in [6.45, 7) is 1.58. The SMILES string of the molecule is CNCc1ncnn1CCc1cnn(C)c1. The van der Waals surface area contributed by atoms with Crippen molar-refractivity contribution in [3.8, 4) is 0 Å². The van der Waals surface area contributed by atoms with E-state index in [0.717, 1.165) is 25.3 Å². The molecule has 0 aliphatic rings. The Kier molecular flexibility index (Phi) is 3.31. The number of nitrogens with zero attached hydrogens (tertiary/aromatic N) is 5. The van der Waals surface area contributed by atoms with Crippen LogP contribution in [0.15, 0.2) is 18.7 Å². The molecule has 86 valence electrons. The quantitative estimate of drug-likeness (QED) is 0.769. The molecule has 2 aromatic rings. The lowest BCUT2D eigenvalue weighted by molar-refractivity contribution is 0.564. The highest BCUT2D eigenvalue weighted by Gasteiger charge is 2.03. The van der Waals surface area contributed by atoms with E-state index in [2.05, 4.69) is 20.5 Å². The first-order valence-corrected chi connectivity index (χ1v) is 5.28. The Morgan fingerprint density at radius 1 is 1.38 bits per heavy atom. The van der Waals surface area contributed by atoms with Crippen molar-refractivity contribution >= 4 is 0 Å². The van der Waals surface area contributed by atoms with Gasteiger partial charge in [-0.05, 0) is 19.0 Å². The second-order valence-corrected chi connectivity index (χ2v) is 3.70. The fourth-order valence-corrected chi connectivity index (χ4v) is 1.61. The van der Waals surface area contributed by atoms with Crippen LogP contribution in [-0.2, 0) is 26.6 Å². The predicted octanol–water partition coefficient (Wildman–Crippen LogP) is -0.0263. The zero-order chi connectivity index (χ0) is 11.4. The molecule has 2 aromatic heterocycles. The predicted molar refractivity (Wildman–Crippen MR) is 59.7 cm³/mol. The first kappa shape index (κ1) is 10.8. The van der Waals surface area contributed by atoms with Crippen LogP contribution in [0.3, 0.4) is 0 Å². The van der Waals surface area contributed by atoms with Gasteiger partial charge in [0, 0.05) is 19.8 Å². The van der Waals surface area contributed by atoms with E-state index in [1.807, 2.05) is 35.9 Å². The monoisotopic (exact) mass is 220 g/mol. The van der Waals surface area contributed by atoms with Gasteiger partial charge >= 0.3 is 0 Å². The zero-order valence-electron chi connectivity index (χ0n) is 9.59. The molecule has 1 N–H and O–H groups in total. The Bertz CT molecular complexity index is 444. The van der Waals surface area contributed by atoms with Crippen molar-refractivity contribution in [2.45, 2.75) is 19.5 Å². The lowest BCUT2D eigenvalue weighted by Crippen LogP contribution is -2.14. The summed E-state index contributed by atoms with van der Waals surface area (Å²) < 4.78 is 3.73. The normalized spacial score (nSPS) is 10.9. The molecule has 2 heterocycles. The third-order valence-electron chi connectivity index (χ3n) is 2.40. The summed E-state index contributed by atoms with van der Waals surface area (Å²) in [7, 11) is 3.82. The molecule has 0 unspecified atom stereocenters. The molecule has 0 aromatic carbocycles. The van der Waals surface area contributed by atoms with Gasteiger partial charge in [-0.15, -0.1) is 0 Å². The van der Waals surface area contributed by atoms with E-state index in [-0.39, 0.29) is 0 Å². The minimum atomic E-state index is 0.743. The molecule has 6 heteroatoms. The minimum absolute atomic E-state index is 0.743. The van der Waals surface area contributed by atoms with Gasteiger partial charge in [0.15, 0.2) is 0 Å². The average molecular weight is 220 g/mol. The van der Waals surface area contributed by atoms with Crippen molar-refractivity contribution < 1.29 is 0 Å². The van der Waals surface area contributed by atoms with Gasteiger partial charge in [-0.25, -0.2) is 9.67 Å². The standard InChI is InChI=1S/C10H16N6/c1-11-6-10-12-8-14-16(10)4-3-9-5-13-15(2)7-9/h5,7-8,11H,3-4,6H2,1-2H3. The van der Waals surface area contributed by atoms with Crippen molar-refractivity contribution in [2.24, 2.45) is 7.05 Å². The molecular formula is C10H16N6. The van der Waals surface area contributed by atoms with Crippen LogP contribution in [0.1, 0.15) is 11.4 Å². The summed E-state index contributed by atoms with van der Waals surface area (Å²) in [6, 6.07) is 0. The molecule has 0 spiro atoms. The third kappa shape index (κ3) is 2.46. The smallest absolute Gasteiger partial charge is 0.140 e. The van der Waals surface area contributed by atoms with E-state index in [0.29, 0.717) is 0 Å². The molecule has 0 aliphatic heterocycles. The minimum Gasteiger partial charge on any atom is -0.313 e. The second kappa shape index (κ2) is 4.89. The Hall–Kier alpha value is -1.69. The summed E-state index contributed by atoms with van der Waals surface area (Å²) in [5, 5.41) is 11.4. The van der Waals surface area contributed by atoms with E-state index in [4.69, 9.17) is 0 Å². The number of hydrogen-bond acceptors (Lipinski definition) is 4. The number of hydrogen-bond donors (Lipinski definition) is 1. The maximum atomic E-state index is 4.20. The van der Waals surface area contributed by atoms with Crippen LogP contribution < -0.4 is 5.32 Å². The molecule has 0 bridgehead atoms. The van der Waals surface area contributed by atoms with Crippen molar-refractivity contribution in [1.82, 2.24) is 29.9 Å².